The van der Waals surface area contributed by atoms with Gasteiger partial charge >= 0.3 is 0 Å². The van der Waals surface area contributed by atoms with Crippen LogP contribution in [0.5, 0.6) is 0 Å². The van der Waals surface area contributed by atoms with Gasteiger partial charge in [-0.25, -0.2) is 0 Å². The highest BCUT2D eigenvalue weighted by Crippen LogP contribution is 2.55. The van der Waals surface area contributed by atoms with Crippen LogP contribution in [0.15, 0.2) is 16.9 Å². The summed E-state index contributed by atoms with van der Waals surface area (Å²) in [6, 6.07) is 3.13. The van der Waals surface area contributed by atoms with Crippen LogP contribution in [-0.4, -0.2) is 66.1 Å². The van der Waals surface area contributed by atoms with Gasteiger partial charge < -0.3 is 19.5 Å². The van der Waals surface area contributed by atoms with Gasteiger partial charge in [-0.05, 0) is 38.9 Å². The first-order chi connectivity index (χ1) is 12.3. The Kier molecular flexibility index (Phi) is 4.23. The van der Waals surface area contributed by atoms with E-state index in [9.17, 15) is 9.59 Å². The fraction of sp³-hybridized carbons (Fsp3) is 0.700. The van der Waals surface area contributed by atoms with Crippen molar-refractivity contribution in [3.8, 4) is 0 Å². The van der Waals surface area contributed by atoms with Gasteiger partial charge in [0.2, 0.25) is 5.56 Å². The maximum Gasteiger partial charge on any atom is 0.255 e. The minimum absolute atomic E-state index is 0.0179. The van der Waals surface area contributed by atoms with Crippen molar-refractivity contribution in [2.45, 2.75) is 44.3 Å². The van der Waals surface area contributed by atoms with Crippen molar-refractivity contribution in [3.05, 3.63) is 33.7 Å². The van der Waals surface area contributed by atoms with E-state index < -0.39 is 0 Å². The molecule has 2 bridgehead atoms. The molecule has 3 saturated heterocycles. The number of ether oxygens (including phenoxy) is 1. The molecule has 4 rings (SSSR count). The predicted molar refractivity (Wildman–Crippen MR) is 99.4 cm³/mol. The minimum Gasteiger partial charge on any atom is -0.369 e. The van der Waals surface area contributed by atoms with Crippen LogP contribution in [-0.2, 0) is 4.74 Å². The number of pyridine rings is 1. The fourth-order valence-corrected chi connectivity index (χ4v) is 5.31. The zero-order valence-electron chi connectivity index (χ0n) is 16.1. The molecular weight excluding hydrogens is 330 g/mol. The number of fused-ring (bicyclic) bond motifs is 1. The Labute approximate surface area is 154 Å². The number of H-pyrrole nitrogens is 1. The van der Waals surface area contributed by atoms with Gasteiger partial charge in [0.15, 0.2) is 0 Å². The molecule has 26 heavy (non-hydrogen) atoms. The average molecular weight is 359 g/mol. The second-order valence-corrected chi connectivity index (χ2v) is 8.78. The molecule has 3 fully saturated rings. The third-order valence-corrected chi connectivity index (χ3v) is 6.40. The average Bonchev–Trinajstić information content (AvgIpc) is 3.23. The zero-order chi connectivity index (χ0) is 18.6. The molecule has 0 unspecified atom stereocenters. The SMILES string of the molecule is CC(C)c1[nH]c(=O)ccc1C(=O)N1C[C@H]2[C@@H](CN(C)C)[C@@H]3CC[C@@]2(C1)O3. The number of hydrogen-bond donors (Lipinski definition) is 1. The Hall–Kier alpha value is -1.66. The predicted octanol–water partition coefficient (Wildman–Crippen LogP) is 1.68. The molecule has 1 aromatic rings. The molecule has 0 aliphatic carbocycles. The molecule has 3 aliphatic heterocycles. The van der Waals surface area contributed by atoms with Crippen LogP contribution in [0.4, 0.5) is 0 Å². The van der Waals surface area contributed by atoms with E-state index >= 15 is 0 Å². The molecule has 0 aromatic carbocycles. The van der Waals surface area contributed by atoms with E-state index in [1.807, 2.05) is 18.7 Å². The third-order valence-electron chi connectivity index (χ3n) is 6.40. The maximum atomic E-state index is 13.3. The van der Waals surface area contributed by atoms with Crippen molar-refractivity contribution in [2.24, 2.45) is 11.8 Å². The van der Waals surface area contributed by atoms with Crippen molar-refractivity contribution >= 4 is 5.91 Å². The molecular formula is C20H29N3O3. The molecule has 4 atom stereocenters. The number of aromatic amines is 1. The third kappa shape index (κ3) is 2.70. The molecule has 0 saturated carbocycles. The van der Waals surface area contributed by atoms with Gasteiger partial charge in [0.1, 0.15) is 0 Å². The summed E-state index contributed by atoms with van der Waals surface area (Å²) in [5.41, 5.74) is 1.04. The van der Waals surface area contributed by atoms with Crippen LogP contribution in [0.1, 0.15) is 48.7 Å². The first kappa shape index (κ1) is 17.7. The first-order valence-electron chi connectivity index (χ1n) is 9.66. The van der Waals surface area contributed by atoms with Crippen molar-refractivity contribution in [1.82, 2.24) is 14.8 Å². The number of nitrogens with one attached hydrogen (secondary N) is 1. The molecule has 1 N–H and O–H groups in total. The van der Waals surface area contributed by atoms with Gasteiger partial charge in [-0.3, -0.25) is 9.59 Å². The summed E-state index contributed by atoms with van der Waals surface area (Å²) >= 11 is 0. The van der Waals surface area contributed by atoms with Crippen LogP contribution >= 0.6 is 0 Å². The molecule has 6 heteroatoms. The minimum atomic E-state index is -0.157. The van der Waals surface area contributed by atoms with Gasteiger partial charge in [0.05, 0.1) is 23.8 Å². The second-order valence-electron chi connectivity index (χ2n) is 8.78. The molecule has 1 aromatic heterocycles. The van der Waals surface area contributed by atoms with Crippen LogP contribution in [0.2, 0.25) is 0 Å². The van der Waals surface area contributed by atoms with Gasteiger partial charge in [0.25, 0.3) is 5.91 Å². The lowest BCUT2D eigenvalue weighted by Gasteiger charge is -2.30. The Morgan fingerprint density at radius 1 is 1.42 bits per heavy atom. The summed E-state index contributed by atoms with van der Waals surface area (Å²) in [7, 11) is 4.21. The number of likely N-dealkylation sites (tertiary alicyclic amines) is 1. The summed E-state index contributed by atoms with van der Waals surface area (Å²) in [5, 5.41) is 0. The standard InChI is InChI=1S/C20H29N3O3/c1-12(2)18-13(5-6-17(24)21-18)19(25)23-10-15-14(9-22(3)4)16-7-8-20(15,11-23)26-16/h5-6,12,14-16H,7-11H2,1-4H3,(H,21,24)/t14-,15+,16+,20+/m1/s1. The maximum absolute atomic E-state index is 13.3. The van der Waals surface area contributed by atoms with E-state index in [-0.39, 0.29) is 23.0 Å². The topological polar surface area (TPSA) is 65.6 Å². The quantitative estimate of drug-likeness (QED) is 0.888. The van der Waals surface area contributed by atoms with Crippen molar-refractivity contribution in [2.75, 3.05) is 33.7 Å². The fourth-order valence-electron chi connectivity index (χ4n) is 5.31. The lowest BCUT2D eigenvalue weighted by molar-refractivity contribution is 0.00254. The van der Waals surface area contributed by atoms with Gasteiger partial charge in [-0.15, -0.1) is 0 Å². The van der Waals surface area contributed by atoms with E-state index in [2.05, 4.69) is 24.0 Å². The van der Waals surface area contributed by atoms with Gasteiger partial charge in [-0.1, -0.05) is 13.8 Å². The lowest BCUT2D eigenvalue weighted by Crippen LogP contribution is -2.40. The summed E-state index contributed by atoms with van der Waals surface area (Å²) in [5.74, 6) is 1.02. The highest BCUT2D eigenvalue weighted by atomic mass is 16.5. The van der Waals surface area contributed by atoms with Gasteiger partial charge in [-0.2, -0.15) is 0 Å². The molecule has 6 nitrogen and oxygen atoms in total. The Morgan fingerprint density at radius 3 is 2.88 bits per heavy atom. The number of carbonyl (C=O) groups excluding carboxylic acids is 1. The number of carbonyl (C=O) groups is 1. The largest absolute Gasteiger partial charge is 0.369 e. The van der Waals surface area contributed by atoms with Crippen LogP contribution in [0.3, 0.4) is 0 Å². The number of amides is 1. The normalized spacial score (nSPS) is 32.7. The van der Waals surface area contributed by atoms with E-state index in [0.29, 0.717) is 30.0 Å². The summed E-state index contributed by atoms with van der Waals surface area (Å²) in [6.45, 7) is 6.43. The molecule has 3 aliphatic rings. The highest BCUT2D eigenvalue weighted by molar-refractivity contribution is 5.95. The zero-order valence-corrected chi connectivity index (χ0v) is 16.1. The summed E-state index contributed by atoms with van der Waals surface area (Å²) < 4.78 is 6.43. The molecule has 1 spiro atoms. The molecule has 0 radical (unpaired) electrons. The smallest absolute Gasteiger partial charge is 0.255 e. The number of nitrogens with zero attached hydrogens (tertiary/aromatic N) is 2. The molecule has 1 amide bonds. The Balaban J connectivity index is 1.60. The highest BCUT2D eigenvalue weighted by Gasteiger charge is 2.63. The van der Waals surface area contributed by atoms with Crippen LogP contribution in [0.25, 0.3) is 0 Å². The number of rotatable bonds is 4. The Morgan fingerprint density at radius 2 is 2.19 bits per heavy atom. The Bertz CT molecular complexity index is 772. The van der Waals surface area contributed by atoms with E-state index in [1.54, 1.807) is 6.07 Å². The number of hydrogen-bond acceptors (Lipinski definition) is 4. The van der Waals surface area contributed by atoms with Crippen molar-refractivity contribution < 1.29 is 9.53 Å². The van der Waals surface area contributed by atoms with Crippen molar-refractivity contribution in [3.63, 3.8) is 0 Å². The van der Waals surface area contributed by atoms with Gasteiger partial charge in [0, 0.05) is 36.7 Å². The van der Waals surface area contributed by atoms with E-state index in [4.69, 9.17) is 4.74 Å². The lowest BCUT2D eigenvalue weighted by atomic mass is 9.73. The first-order valence-corrected chi connectivity index (χ1v) is 9.66. The van der Waals surface area contributed by atoms with Crippen LogP contribution < -0.4 is 5.56 Å². The summed E-state index contributed by atoms with van der Waals surface area (Å²) in [4.78, 5) is 32.0. The second kappa shape index (κ2) is 6.20. The molecule has 142 valence electrons. The monoisotopic (exact) mass is 359 g/mol. The van der Waals surface area contributed by atoms with Crippen molar-refractivity contribution in [1.29, 1.82) is 0 Å². The van der Waals surface area contributed by atoms with E-state index in [0.717, 1.165) is 31.6 Å². The molecule has 4 heterocycles. The van der Waals surface area contributed by atoms with E-state index in [1.165, 1.54) is 6.07 Å². The number of aromatic nitrogens is 1. The van der Waals surface area contributed by atoms with Crippen LogP contribution in [0, 0.1) is 11.8 Å². The summed E-state index contributed by atoms with van der Waals surface area (Å²) in [6.07, 6.45) is 2.50.